The van der Waals surface area contributed by atoms with Crippen LogP contribution in [0.1, 0.15) is 69.9 Å². The van der Waals surface area contributed by atoms with Gasteiger partial charge in [0.25, 0.3) is 0 Å². The second-order valence-electron chi connectivity index (χ2n) is 8.81. The van der Waals surface area contributed by atoms with Crippen LogP contribution in [-0.4, -0.2) is 38.4 Å². The monoisotopic (exact) mass is 410 g/mol. The highest BCUT2D eigenvalue weighted by molar-refractivity contribution is 5.77. The van der Waals surface area contributed by atoms with Crippen LogP contribution in [0.3, 0.4) is 0 Å². The lowest BCUT2D eigenvalue weighted by atomic mass is 9.86. The second kappa shape index (κ2) is 10.6. The zero-order valence-electron chi connectivity index (χ0n) is 17.9. The fraction of sp³-hybridized carbons (Fsp3) is 0.625. The van der Waals surface area contributed by atoms with Crippen molar-refractivity contribution in [3.63, 3.8) is 0 Å². The van der Waals surface area contributed by atoms with Crippen molar-refractivity contribution in [3.8, 4) is 5.75 Å². The number of aryl methyl sites for hydroxylation is 1. The molecule has 2 fully saturated rings. The summed E-state index contributed by atoms with van der Waals surface area (Å²) < 4.78 is 7.64. The molecule has 2 aromatic rings. The molecule has 1 unspecified atom stereocenters. The van der Waals surface area contributed by atoms with Gasteiger partial charge in [0.1, 0.15) is 18.1 Å². The zero-order valence-corrected chi connectivity index (χ0v) is 17.9. The van der Waals surface area contributed by atoms with E-state index in [-0.39, 0.29) is 0 Å². The molecular weight excluding hydrogens is 376 g/mol. The number of rotatable bonds is 8. The molecule has 0 radical (unpaired) electrons. The van der Waals surface area contributed by atoms with Gasteiger partial charge in [0.05, 0.1) is 6.20 Å². The van der Waals surface area contributed by atoms with Crippen LogP contribution in [0.5, 0.6) is 5.75 Å². The molecule has 1 saturated carbocycles. The molecule has 6 heteroatoms. The van der Waals surface area contributed by atoms with Gasteiger partial charge in [-0.15, -0.1) is 5.10 Å². The summed E-state index contributed by atoms with van der Waals surface area (Å²) in [6.45, 7) is 2.12. The van der Waals surface area contributed by atoms with Gasteiger partial charge < -0.3 is 9.64 Å². The predicted molar refractivity (Wildman–Crippen MR) is 116 cm³/mol. The highest BCUT2D eigenvalue weighted by Gasteiger charge is 2.28. The van der Waals surface area contributed by atoms with Crippen molar-refractivity contribution in [2.24, 2.45) is 5.92 Å². The van der Waals surface area contributed by atoms with Crippen molar-refractivity contribution in [2.75, 3.05) is 6.54 Å². The van der Waals surface area contributed by atoms with Crippen molar-refractivity contribution < 1.29 is 9.53 Å². The summed E-state index contributed by atoms with van der Waals surface area (Å²) in [5.74, 6) is 1.82. The van der Waals surface area contributed by atoms with E-state index in [9.17, 15) is 4.79 Å². The number of amides is 1. The van der Waals surface area contributed by atoms with Gasteiger partial charge in [-0.05, 0) is 56.6 Å². The van der Waals surface area contributed by atoms with Crippen LogP contribution < -0.4 is 4.74 Å². The molecule has 1 aromatic heterocycles. The van der Waals surface area contributed by atoms with E-state index >= 15 is 0 Å². The third-order valence-corrected chi connectivity index (χ3v) is 6.54. The van der Waals surface area contributed by atoms with Gasteiger partial charge in [-0.3, -0.25) is 9.48 Å². The van der Waals surface area contributed by atoms with Gasteiger partial charge >= 0.3 is 0 Å². The molecule has 30 heavy (non-hydrogen) atoms. The number of likely N-dealkylation sites (tertiary alicyclic amines) is 1. The molecule has 0 bridgehead atoms. The molecule has 1 aliphatic heterocycles. The molecule has 6 nitrogen and oxygen atoms in total. The molecule has 1 aliphatic carbocycles. The number of piperidine rings is 1. The normalized spacial score (nSPS) is 20.3. The molecule has 2 heterocycles. The first kappa shape index (κ1) is 20.9. The summed E-state index contributed by atoms with van der Waals surface area (Å²) in [5, 5.41) is 8.49. The van der Waals surface area contributed by atoms with Crippen LogP contribution in [0.4, 0.5) is 0 Å². The topological polar surface area (TPSA) is 60.2 Å². The van der Waals surface area contributed by atoms with E-state index in [2.05, 4.69) is 15.2 Å². The van der Waals surface area contributed by atoms with Gasteiger partial charge in [0.2, 0.25) is 5.91 Å². The Labute approximate surface area is 179 Å². The largest absolute Gasteiger partial charge is 0.487 e. The van der Waals surface area contributed by atoms with E-state index in [1.165, 1.54) is 38.5 Å². The number of nitrogens with zero attached hydrogens (tertiary/aromatic N) is 4. The Hall–Kier alpha value is -2.37. The highest BCUT2D eigenvalue weighted by Crippen LogP contribution is 2.29. The van der Waals surface area contributed by atoms with Crippen molar-refractivity contribution in [1.29, 1.82) is 0 Å². The number of carbonyl (C=O) groups is 1. The maximum atomic E-state index is 13.0. The number of ether oxygens (including phenoxy) is 1. The van der Waals surface area contributed by atoms with E-state index in [0.29, 0.717) is 24.5 Å². The Kier molecular flexibility index (Phi) is 7.38. The Bertz CT molecular complexity index is 786. The average molecular weight is 411 g/mol. The van der Waals surface area contributed by atoms with Gasteiger partial charge in [-0.25, -0.2) is 0 Å². The summed E-state index contributed by atoms with van der Waals surface area (Å²) in [6.07, 6.45) is 13.5. The highest BCUT2D eigenvalue weighted by atomic mass is 16.5. The molecular formula is C24H34N4O2. The summed E-state index contributed by atoms with van der Waals surface area (Å²) >= 11 is 0. The number of carbonyl (C=O) groups excluding carboxylic acids is 1. The number of hydrogen-bond donors (Lipinski definition) is 0. The molecule has 1 atom stereocenters. The molecule has 1 amide bonds. The lowest BCUT2D eigenvalue weighted by molar-refractivity contribution is -0.136. The van der Waals surface area contributed by atoms with E-state index < -0.39 is 0 Å². The van der Waals surface area contributed by atoms with Crippen LogP contribution in [-0.2, 0) is 17.9 Å². The molecule has 0 N–H and O–H groups in total. The molecule has 0 spiro atoms. The van der Waals surface area contributed by atoms with E-state index in [1.54, 1.807) is 0 Å². The van der Waals surface area contributed by atoms with Gasteiger partial charge in [-0.1, -0.05) is 42.7 Å². The lowest BCUT2D eigenvalue weighted by Gasteiger charge is -2.37. The number of hydrogen-bond acceptors (Lipinski definition) is 4. The number of benzene rings is 1. The minimum absolute atomic E-state index is 0.336. The lowest BCUT2D eigenvalue weighted by Crippen LogP contribution is -2.44. The number of aromatic nitrogens is 3. The number of para-hydroxylation sites is 1. The maximum absolute atomic E-state index is 13.0. The summed E-state index contributed by atoms with van der Waals surface area (Å²) in [4.78, 5) is 15.2. The Morgan fingerprint density at radius 3 is 2.67 bits per heavy atom. The standard InChI is InChI=1S/C24H34N4O2/c29-24(17-20-9-3-1-4-10-20)28-15-8-7-11-22(28)14-16-27-18-21(25-26-27)19-30-23-12-5-2-6-13-23/h2,5-6,12-13,18,20,22H,1,3-4,7-11,14-17,19H2. The van der Waals surface area contributed by atoms with Gasteiger partial charge in [0.15, 0.2) is 0 Å². The van der Waals surface area contributed by atoms with Gasteiger partial charge in [0, 0.05) is 25.6 Å². The van der Waals surface area contributed by atoms with Crippen LogP contribution >= 0.6 is 0 Å². The van der Waals surface area contributed by atoms with Crippen molar-refractivity contribution in [1.82, 2.24) is 19.9 Å². The zero-order chi connectivity index (χ0) is 20.6. The van der Waals surface area contributed by atoms with Crippen molar-refractivity contribution in [3.05, 3.63) is 42.2 Å². The SMILES string of the molecule is O=C(CC1CCCCC1)N1CCCCC1CCn1cc(COc2ccccc2)nn1. The first-order valence-electron chi connectivity index (χ1n) is 11.6. The van der Waals surface area contributed by atoms with Gasteiger partial charge in [-0.2, -0.15) is 0 Å². The summed E-state index contributed by atoms with van der Waals surface area (Å²) in [7, 11) is 0. The predicted octanol–water partition coefficient (Wildman–Crippen LogP) is 4.60. The third kappa shape index (κ3) is 5.83. The molecule has 2 aliphatic rings. The Morgan fingerprint density at radius 1 is 1.03 bits per heavy atom. The van der Waals surface area contributed by atoms with E-state index in [0.717, 1.165) is 50.2 Å². The molecule has 4 rings (SSSR count). The molecule has 162 valence electrons. The van der Waals surface area contributed by atoms with Crippen LogP contribution in [0.15, 0.2) is 36.5 Å². The first-order valence-corrected chi connectivity index (χ1v) is 11.6. The quantitative estimate of drug-likeness (QED) is 0.638. The van der Waals surface area contributed by atoms with E-state index in [4.69, 9.17) is 4.74 Å². The minimum atomic E-state index is 0.336. The molecule has 1 saturated heterocycles. The third-order valence-electron chi connectivity index (χ3n) is 6.54. The van der Waals surface area contributed by atoms with Crippen LogP contribution in [0.2, 0.25) is 0 Å². The minimum Gasteiger partial charge on any atom is -0.487 e. The van der Waals surface area contributed by atoms with E-state index in [1.807, 2.05) is 41.2 Å². The van der Waals surface area contributed by atoms with Crippen molar-refractivity contribution >= 4 is 5.91 Å². The van der Waals surface area contributed by atoms with Crippen LogP contribution in [0, 0.1) is 5.92 Å². The smallest absolute Gasteiger partial charge is 0.223 e. The Balaban J connectivity index is 1.26. The average Bonchev–Trinajstić information content (AvgIpc) is 3.26. The fourth-order valence-electron chi connectivity index (χ4n) is 4.85. The fourth-order valence-corrected chi connectivity index (χ4v) is 4.85. The first-order chi connectivity index (χ1) is 14.8. The maximum Gasteiger partial charge on any atom is 0.223 e. The van der Waals surface area contributed by atoms with Crippen molar-refractivity contribution in [2.45, 2.75) is 83.4 Å². The summed E-state index contributed by atoms with van der Waals surface area (Å²) in [5.41, 5.74) is 0.827. The summed E-state index contributed by atoms with van der Waals surface area (Å²) in [6, 6.07) is 10.1. The molecule has 1 aromatic carbocycles. The Morgan fingerprint density at radius 2 is 1.83 bits per heavy atom. The van der Waals surface area contributed by atoms with Crippen LogP contribution in [0.25, 0.3) is 0 Å². The second-order valence-corrected chi connectivity index (χ2v) is 8.81.